The van der Waals surface area contributed by atoms with E-state index in [1.807, 2.05) is 6.07 Å². The van der Waals surface area contributed by atoms with Crippen LogP contribution >= 0.6 is 0 Å². The summed E-state index contributed by atoms with van der Waals surface area (Å²) in [5.41, 5.74) is 0.707. The molecule has 0 saturated heterocycles. The van der Waals surface area contributed by atoms with Crippen molar-refractivity contribution < 1.29 is 0 Å². The number of nitriles is 1. The molecule has 0 aromatic heterocycles. The first-order valence-electron chi connectivity index (χ1n) is 3.47. The lowest BCUT2D eigenvalue weighted by atomic mass is 9.71. The summed E-state index contributed by atoms with van der Waals surface area (Å²) in [5.74, 6) is 0. The van der Waals surface area contributed by atoms with Crippen LogP contribution < -0.4 is 5.46 Å². The summed E-state index contributed by atoms with van der Waals surface area (Å²) in [4.78, 5) is 20.2. The zero-order valence-corrected chi connectivity index (χ0v) is 6.54. The molecule has 62 valence electrons. The molecule has 1 aromatic rings. The van der Waals surface area contributed by atoms with Crippen molar-refractivity contribution in [2.75, 3.05) is 0 Å². The monoisotopic (exact) mass is 173 g/mol. The first-order valence-corrected chi connectivity index (χ1v) is 3.47. The second-order valence-electron chi connectivity index (χ2n) is 2.32. The van der Waals surface area contributed by atoms with Crippen LogP contribution in [0.3, 0.4) is 0 Å². The maximum Gasteiger partial charge on any atom is 0.548 e. The Labute approximate surface area is 74.4 Å². The van der Waals surface area contributed by atoms with Gasteiger partial charge in [0, 0.05) is 0 Å². The first kappa shape index (κ1) is 9.07. The Morgan fingerprint density at radius 2 is 2.00 bits per heavy atom. The normalized spacial score (nSPS) is 8.54. The van der Waals surface area contributed by atoms with Crippen LogP contribution in [-0.2, 0) is 0 Å². The Kier molecular flexibility index (Phi) is 2.87. The maximum absolute atomic E-state index is 10.1. The van der Waals surface area contributed by atoms with Crippen molar-refractivity contribution in [3.63, 3.8) is 0 Å². The van der Waals surface area contributed by atoms with Crippen molar-refractivity contribution in [2.45, 2.75) is 0 Å². The molecule has 0 unspecified atom stereocenters. The number of benzene rings is 1. The smallest absolute Gasteiger partial charge is 0.192 e. The van der Waals surface area contributed by atoms with Crippen molar-refractivity contribution in [3.05, 3.63) is 39.6 Å². The van der Waals surface area contributed by atoms with Crippen LogP contribution in [0.4, 0.5) is 0 Å². The number of hydrogen-bond acceptors (Lipinski definition) is 5. The molecule has 0 N–H and O–H groups in total. The van der Waals surface area contributed by atoms with E-state index >= 15 is 0 Å². The molecule has 0 amide bonds. The largest absolute Gasteiger partial charge is 0.548 e. The fourth-order valence-corrected chi connectivity index (χ4v) is 0.910. The molecule has 1 rings (SSSR count). The van der Waals surface area contributed by atoms with E-state index in [2.05, 4.69) is 10.2 Å². The van der Waals surface area contributed by atoms with E-state index in [1.54, 1.807) is 12.1 Å². The van der Waals surface area contributed by atoms with Gasteiger partial charge in [0.1, 0.15) is 0 Å². The Hall–Kier alpha value is -2.03. The van der Waals surface area contributed by atoms with Crippen LogP contribution in [-0.4, -0.2) is 6.98 Å². The Balaban J connectivity index is 3.08. The van der Waals surface area contributed by atoms with Crippen LogP contribution in [0.25, 0.3) is 0 Å². The minimum atomic E-state index is -1.26. The Bertz CT molecular complexity index is 366. The highest BCUT2D eigenvalue weighted by molar-refractivity contribution is 6.69. The van der Waals surface area contributed by atoms with Gasteiger partial charge in [0.2, 0.25) is 0 Å². The van der Waals surface area contributed by atoms with E-state index in [0.717, 1.165) is 0 Å². The third-order valence-corrected chi connectivity index (χ3v) is 1.51. The molecule has 0 aliphatic rings. The van der Waals surface area contributed by atoms with Gasteiger partial charge < -0.3 is 0 Å². The van der Waals surface area contributed by atoms with Crippen molar-refractivity contribution >= 4 is 12.4 Å². The Morgan fingerprint density at radius 1 is 1.31 bits per heavy atom. The summed E-state index contributed by atoms with van der Waals surface area (Å²) in [6.45, 7) is -1.26. The molecular formula is C7H4BN3O2. The second-order valence-corrected chi connectivity index (χ2v) is 2.32. The lowest BCUT2D eigenvalue weighted by Gasteiger charge is -1.95. The molecule has 6 heteroatoms. The van der Waals surface area contributed by atoms with Crippen LogP contribution in [0.15, 0.2) is 34.4 Å². The Morgan fingerprint density at radius 3 is 2.54 bits per heavy atom. The third-order valence-electron chi connectivity index (χ3n) is 1.51. The van der Waals surface area contributed by atoms with Gasteiger partial charge in [-0.15, -0.1) is 0 Å². The minimum absolute atomic E-state index is 0.337. The summed E-state index contributed by atoms with van der Waals surface area (Å²) >= 11 is 0. The predicted molar refractivity (Wildman–Crippen MR) is 48.1 cm³/mol. The molecule has 5 nitrogen and oxygen atoms in total. The van der Waals surface area contributed by atoms with Crippen molar-refractivity contribution in [2.24, 2.45) is 10.2 Å². The lowest BCUT2D eigenvalue weighted by molar-refractivity contribution is 1.48. The molecule has 0 heterocycles. The van der Waals surface area contributed by atoms with Crippen molar-refractivity contribution in [3.8, 4) is 6.07 Å². The van der Waals surface area contributed by atoms with Crippen molar-refractivity contribution in [1.29, 1.82) is 5.26 Å². The summed E-state index contributed by atoms with van der Waals surface area (Å²) in [5, 5.41) is 13.5. The number of nitrogens with zero attached hydrogens (tertiary/aromatic N) is 3. The lowest BCUT2D eigenvalue weighted by Crippen LogP contribution is -2.25. The van der Waals surface area contributed by atoms with Gasteiger partial charge in [-0.1, -0.05) is 22.3 Å². The molecule has 0 spiro atoms. The average molecular weight is 173 g/mol. The van der Waals surface area contributed by atoms with E-state index in [-0.39, 0.29) is 0 Å². The highest BCUT2D eigenvalue weighted by Crippen LogP contribution is 1.96. The van der Waals surface area contributed by atoms with Gasteiger partial charge >= 0.3 is 6.98 Å². The van der Waals surface area contributed by atoms with Gasteiger partial charge in [0.05, 0.1) is 11.6 Å². The van der Waals surface area contributed by atoms with Gasteiger partial charge in [-0.3, -0.25) is 0 Å². The van der Waals surface area contributed by atoms with Gasteiger partial charge in [0.25, 0.3) is 0 Å². The zero-order chi connectivity index (χ0) is 9.68. The predicted octanol–water partition coefficient (Wildman–Crippen LogP) is 0.786. The molecular weight excluding hydrogens is 169 g/mol. The summed E-state index contributed by atoms with van der Waals surface area (Å²) in [6.07, 6.45) is 0. The molecule has 1 aromatic carbocycles. The first-order chi connectivity index (χ1) is 6.31. The second kappa shape index (κ2) is 4.11. The topological polar surface area (TPSA) is 82.7 Å². The quantitative estimate of drug-likeness (QED) is 0.500. The summed E-state index contributed by atoms with van der Waals surface area (Å²) in [7, 11) is 0. The molecule has 0 atom stereocenters. The van der Waals surface area contributed by atoms with E-state index in [9.17, 15) is 9.81 Å². The number of nitroso groups, excluding NO2 is 2. The van der Waals surface area contributed by atoms with Gasteiger partial charge in [0.15, 0.2) is 0 Å². The SMILES string of the molecule is N#Cc1cccc(B(N=O)N=O)c1. The minimum Gasteiger partial charge on any atom is -0.192 e. The molecule has 0 bridgehead atoms. The molecule has 0 aliphatic carbocycles. The number of hydrogen-bond donors (Lipinski definition) is 0. The van der Waals surface area contributed by atoms with Crippen LogP contribution in [0.1, 0.15) is 5.56 Å². The third kappa shape index (κ3) is 1.96. The number of rotatable bonds is 3. The van der Waals surface area contributed by atoms with Crippen LogP contribution in [0.2, 0.25) is 0 Å². The van der Waals surface area contributed by atoms with E-state index in [1.165, 1.54) is 12.1 Å². The highest BCUT2D eigenvalue weighted by atomic mass is 16.3. The molecule has 13 heavy (non-hydrogen) atoms. The summed E-state index contributed by atoms with van der Waals surface area (Å²) in [6, 6.07) is 7.95. The molecule has 0 aliphatic heterocycles. The fourth-order valence-electron chi connectivity index (χ4n) is 0.910. The highest BCUT2D eigenvalue weighted by Gasteiger charge is 2.20. The molecule has 0 saturated carbocycles. The van der Waals surface area contributed by atoms with Gasteiger partial charge in [-0.25, -0.2) is 0 Å². The standard InChI is InChI=1S/C7H4BN3O2/c9-5-6-2-1-3-7(4-6)8(10-12)11-13/h1-4H. The summed E-state index contributed by atoms with van der Waals surface area (Å²) < 4.78 is 0. The molecule has 0 radical (unpaired) electrons. The van der Waals surface area contributed by atoms with Gasteiger partial charge in [-0.2, -0.15) is 15.1 Å². The fraction of sp³-hybridized carbons (Fsp3) is 0. The van der Waals surface area contributed by atoms with Gasteiger partial charge in [-0.05, 0) is 17.6 Å². The zero-order valence-electron chi connectivity index (χ0n) is 6.54. The molecule has 0 fully saturated rings. The average Bonchev–Trinajstić information content (AvgIpc) is 2.20. The van der Waals surface area contributed by atoms with Crippen molar-refractivity contribution in [1.82, 2.24) is 0 Å². The van der Waals surface area contributed by atoms with E-state index < -0.39 is 6.98 Å². The van der Waals surface area contributed by atoms with Crippen LogP contribution in [0, 0.1) is 21.1 Å². The van der Waals surface area contributed by atoms with E-state index in [0.29, 0.717) is 11.0 Å². The van der Waals surface area contributed by atoms with E-state index in [4.69, 9.17) is 5.26 Å². The maximum atomic E-state index is 10.1. The van der Waals surface area contributed by atoms with Crippen LogP contribution in [0.5, 0.6) is 0 Å².